The Hall–Kier alpha value is -1.41. The number of oxime groups is 1. The predicted octanol–water partition coefficient (Wildman–Crippen LogP) is -0.106. The van der Waals surface area contributed by atoms with Crippen LogP contribution in [0, 0.1) is 11.3 Å². The molecule has 0 aromatic heterocycles. The highest BCUT2D eigenvalue weighted by Crippen LogP contribution is 1.73. The minimum absolute atomic E-state index is 0.00463. The van der Waals surface area contributed by atoms with E-state index in [1.54, 1.807) is 6.07 Å². The minimum Gasteiger partial charge on any atom is -0.411 e. The normalized spacial score (nSPS) is 9.09. The van der Waals surface area contributed by atoms with Crippen LogP contribution in [0.4, 0.5) is 0 Å². The highest BCUT2D eigenvalue weighted by atomic mass is 16.4. The van der Waals surface area contributed by atoms with Gasteiger partial charge < -0.3 is 10.9 Å². The highest BCUT2D eigenvalue weighted by Gasteiger charge is 2.00. The van der Waals surface area contributed by atoms with Crippen molar-refractivity contribution in [2.24, 2.45) is 10.9 Å². The van der Waals surface area contributed by atoms with Crippen molar-refractivity contribution in [2.75, 3.05) is 6.54 Å². The minimum atomic E-state index is -0.296. The van der Waals surface area contributed by atoms with Gasteiger partial charge >= 0.3 is 0 Å². The van der Waals surface area contributed by atoms with Crippen molar-refractivity contribution in [1.29, 1.82) is 5.26 Å². The first-order chi connectivity index (χ1) is 5.13. The summed E-state index contributed by atoms with van der Waals surface area (Å²) >= 11 is 0. The number of nitrogens with zero attached hydrogens (tertiary/aromatic N) is 2. The van der Waals surface area contributed by atoms with Crippen molar-refractivity contribution < 1.29 is 10.0 Å². The number of nitrogens with two attached hydrogens (primary N) is 1. The molecule has 11 heavy (non-hydrogen) atoms. The second-order valence-electron chi connectivity index (χ2n) is 1.53. The van der Waals surface area contributed by atoms with E-state index in [1.165, 1.54) is 13.8 Å². The van der Waals surface area contributed by atoms with Crippen LogP contribution in [0.5, 0.6) is 0 Å². The molecule has 0 bridgehead atoms. The molecule has 0 saturated heterocycles. The van der Waals surface area contributed by atoms with Gasteiger partial charge in [0.05, 0.1) is 6.07 Å². The smallest absolute Gasteiger partial charge is 0.178 e. The lowest BCUT2D eigenvalue weighted by molar-refractivity contribution is -0.111. The Morgan fingerprint density at radius 3 is 2.18 bits per heavy atom. The zero-order valence-corrected chi connectivity index (χ0v) is 6.53. The molecule has 0 aromatic carbocycles. The van der Waals surface area contributed by atoms with Crippen molar-refractivity contribution >= 4 is 11.5 Å². The van der Waals surface area contributed by atoms with E-state index in [9.17, 15) is 4.79 Å². The second kappa shape index (κ2) is 8.59. The molecule has 0 unspecified atom stereocenters. The van der Waals surface area contributed by atoms with E-state index in [1.807, 2.05) is 0 Å². The Morgan fingerprint density at radius 2 is 2.18 bits per heavy atom. The fraction of sp³-hybridized carbons (Fsp3) is 0.500. The summed E-state index contributed by atoms with van der Waals surface area (Å²) in [4.78, 5) is 10.2. The number of carbonyl (C=O) groups is 1. The molecule has 0 radical (unpaired) electrons. The molecular formula is C6H11N3O2. The number of hydrogen-bond donors (Lipinski definition) is 2. The lowest BCUT2D eigenvalue weighted by Crippen LogP contribution is -2.20. The maximum Gasteiger partial charge on any atom is 0.178 e. The van der Waals surface area contributed by atoms with Gasteiger partial charge in [0, 0.05) is 20.4 Å². The molecule has 62 valence electrons. The summed E-state index contributed by atoms with van der Waals surface area (Å²) in [6.45, 7) is 2.72. The summed E-state index contributed by atoms with van der Waals surface area (Å²) in [6, 6.07) is 1.75. The summed E-state index contributed by atoms with van der Waals surface area (Å²) in [5, 5.41) is 18.0. The van der Waals surface area contributed by atoms with Gasteiger partial charge in [-0.25, -0.2) is 0 Å². The molecule has 0 aromatic rings. The number of Topliss-reactive ketones (excluding diaryl/α,β-unsaturated/α-hetero) is 1. The Labute approximate surface area is 65.1 Å². The molecule has 0 amide bonds. The predicted molar refractivity (Wildman–Crippen MR) is 40.2 cm³/mol. The van der Waals surface area contributed by atoms with Gasteiger partial charge in [-0.2, -0.15) is 5.26 Å². The molecule has 5 nitrogen and oxygen atoms in total. The molecule has 0 rings (SSSR count). The lowest BCUT2D eigenvalue weighted by atomic mass is 10.3. The molecular weight excluding hydrogens is 146 g/mol. The average Bonchev–Trinajstić information content (AvgIpc) is 1.91. The van der Waals surface area contributed by atoms with Crippen molar-refractivity contribution in [3.05, 3.63) is 0 Å². The van der Waals surface area contributed by atoms with E-state index in [4.69, 9.17) is 16.2 Å². The van der Waals surface area contributed by atoms with Gasteiger partial charge in [0.1, 0.15) is 5.71 Å². The van der Waals surface area contributed by atoms with Crippen molar-refractivity contribution in [3.63, 3.8) is 0 Å². The molecule has 0 fully saturated rings. The van der Waals surface area contributed by atoms with Crippen molar-refractivity contribution in [2.45, 2.75) is 13.8 Å². The Balaban J connectivity index is 0. The van der Waals surface area contributed by atoms with Crippen LogP contribution in [-0.4, -0.2) is 23.2 Å². The van der Waals surface area contributed by atoms with Crippen LogP contribution in [-0.2, 0) is 4.79 Å². The summed E-state index contributed by atoms with van der Waals surface area (Å²) in [5.41, 5.74) is 4.98. The number of carbonyl (C=O) groups excluding carboxylic acids is 1. The van der Waals surface area contributed by atoms with E-state index >= 15 is 0 Å². The van der Waals surface area contributed by atoms with Crippen LogP contribution in [0.25, 0.3) is 0 Å². The maximum absolute atomic E-state index is 10.2. The molecule has 0 atom stereocenters. The van der Waals surface area contributed by atoms with E-state index in [0.717, 1.165) is 0 Å². The third kappa shape index (κ3) is 8.59. The highest BCUT2D eigenvalue weighted by molar-refractivity contribution is 6.39. The molecule has 0 heterocycles. The third-order valence-corrected chi connectivity index (χ3v) is 0.720. The van der Waals surface area contributed by atoms with Gasteiger partial charge in [-0.3, -0.25) is 4.79 Å². The molecule has 0 aliphatic rings. The Morgan fingerprint density at radius 1 is 1.82 bits per heavy atom. The average molecular weight is 157 g/mol. The van der Waals surface area contributed by atoms with Gasteiger partial charge in [-0.1, -0.05) is 5.16 Å². The third-order valence-electron chi connectivity index (χ3n) is 0.720. The molecule has 0 saturated carbocycles. The van der Waals surface area contributed by atoms with Gasteiger partial charge in [0.2, 0.25) is 0 Å². The Kier molecular flexibility index (Phi) is 9.59. The SMILES string of the molecule is CC#N.CC(=O)C(CN)=NO. The first kappa shape index (κ1) is 12.3. The molecule has 5 heteroatoms. The van der Waals surface area contributed by atoms with Gasteiger partial charge in [-0.15, -0.1) is 0 Å². The topological polar surface area (TPSA) is 99.5 Å². The fourth-order valence-electron chi connectivity index (χ4n) is 0.255. The number of nitriles is 1. The van der Waals surface area contributed by atoms with Gasteiger partial charge in [0.15, 0.2) is 5.78 Å². The summed E-state index contributed by atoms with van der Waals surface area (Å²) in [7, 11) is 0. The van der Waals surface area contributed by atoms with Crippen LogP contribution in [0.3, 0.4) is 0 Å². The van der Waals surface area contributed by atoms with Crippen LogP contribution >= 0.6 is 0 Å². The number of rotatable bonds is 2. The van der Waals surface area contributed by atoms with Crippen molar-refractivity contribution in [3.8, 4) is 6.07 Å². The standard InChI is InChI=1S/C4H8N2O2.C2H3N/c1-3(7)4(2-5)6-8;1-2-3/h8H,2,5H2,1H3;1H3. The van der Waals surface area contributed by atoms with Crippen LogP contribution < -0.4 is 5.73 Å². The summed E-state index contributed by atoms with van der Waals surface area (Å²) in [5.74, 6) is -0.296. The summed E-state index contributed by atoms with van der Waals surface area (Å²) < 4.78 is 0. The zero-order valence-electron chi connectivity index (χ0n) is 6.53. The van der Waals surface area contributed by atoms with E-state index < -0.39 is 0 Å². The largest absolute Gasteiger partial charge is 0.411 e. The first-order valence-corrected chi connectivity index (χ1v) is 2.86. The molecule has 0 aliphatic heterocycles. The monoisotopic (exact) mass is 157 g/mol. The lowest BCUT2D eigenvalue weighted by Gasteiger charge is -1.89. The number of hydrogen-bond acceptors (Lipinski definition) is 5. The van der Waals surface area contributed by atoms with Crippen molar-refractivity contribution in [1.82, 2.24) is 0 Å². The first-order valence-electron chi connectivity index (χ1n) is 2.86. The molecule has 3 N–H and O–H groups in total. The van der Waals surface area contributed by atoms with E-state index in [0.29, 0.717) is 0 Å². The van der Waals surface area contributed by atoms with Crippen LogP contribution in [0.2, 0.25) is 0 Å². The van der Waals surface area contributed by atoms with Crippen LogP contribution in [0.15, 0.2) is 5.16 Å². The van der Waals surface area contributed by atoms with E-state index in [2.05, 4.69) is 5.16 Å². The fourth-order valence-corrected chi connectivity index (χ4v) is 0.255. The Bertz CT molecular complexity index is 181. The van der Waals surface area contributed by atoms with Gasteiger partial charge in [-0.05, 0) is 0 Å². The van der Waals surface area contributed by atoms with Gasteiger partial charge in [0.25, 0.3) is 0 Å². The zero-order chi connectivity index (χ0) is 9.28. The molecule has 0 aliphatic carbocycles. The quantitative estimate of drug-likeness (QED) is 0.332. The number of ketones is 1. The van der Waals surface area contributed by atoms with E-state index in [-0.39, 0.29) is 18.0 Å². The van der Waals surface area contributed by atoms with Crippen LogP contribution in [0.1, 0.15) is 13.8 Å². The summed E-state index contributed by atoms with van der Waals surface area (Å²) in [6.07, 6.45) is 0. The second-order valence-corrected chi connectivity index (χ2v) is 1.53. The maximum atomic E-state index is 10.2. The molecule has 0 spiro atoms.